The van der Waals surface area contributed by atoms with Gasteiger partial charge >= 0.3 is 58.8 Å². The van der Waals surface area contributed by atoms with Gasteiger partial charge in [0.1, 0.15) is 12.4 Å². The van der Waals surface area contributed by atoms with Gasteiger partial charge in [-0.2, -0.15) is 0 Å². The van der Waals surface area contributed by atoms with Crippen molar-refractivity contribution in [3.8, 4) is 92.0 Å². The quantitative estimate of drug-likeness (QED) is 0.0329. The zero-order chi connectivity index (χ0) is 88.0. The molecule has 16 aromatic carbocycles. The smallest absolute Gasteiger partial charge is 0.343 e. The number of carbonyl (C=O) groups is 5. The third-order valence-corrected chi connectivity index (χ3v) is 22.4. The van der Waals surface area contributed by atoms with Crippen molar-refractivity contribution < 1.29 is 99.8 Å². The minimum absolute atomic E-state index is 0.00597. The maximum absolute atomic E-state index is 16.1. The summed E-state index contributed by atoms with van der Waals surface area (Å²) >= 11 is 0. The highest BCUT2D eigenvalue weighted by molar-refractivity contribution is 5.99. The van der Waals surface area contributed by atoms with E-state index in [1.54, 1.807) is 133 Å². The molecule has 0 aromatic heterocycles. The zero-order valence-electron chi connectivity index (χ0n) is 68.6. The van der Waals surface area contributed by atoms with Crippen molar-refractivity contribution >= 4 is 29.8 Å². The highest BCUT2D eigenvalue weighted by Crippen LogP contribution is 2.60. The number of carbonyl (C=O) groups excluding carboxylic acids is 5. The van der Waals surface area contributed by atoms with Gasteiger partial charge in [-0.05, 0) is 72.8 Å². The molecule has 0 spiro atoms. The van der Waals surface area contributed by atoms with Crippen LogP contribution >= 0.6 is 0 Å². The Bertz CT molecular complexity index is 6860. The van der Waals surface area contributed by atoms with Gasteiger partial charge in [0.25, 0.3) is 0 Å². The van der Waals surface area contributed by atoms with E-state index in [1.807, 2.05) is 206 Å². The molecule has 0 saturated carbocycles. The summed E-state index contributed by atoms with van der Waals surface area (Å²) in [5, 5.41) is 0. The average Bonchev–Trinajstić information content (AvgIpc) is 1.60. The highest BCUT2D eigenvalue weighted by Gasteiger charge is 2.54. The van der Waals surface area contributed by atoms with Crippen LogP contribution in [0.25, 0.3) is 0 Å². The Morgan fingerprint density at radius 2 is 0.385 bits per heavy atom. The van der Waals surface area contributed by atoms with E-state index in [0.29, 0.717) is 55.6 Å². The van der Waals surface area contributed by atoms with Crippen LogP contribution in [0.4, 0.5) is 0 Å². The molecule has 21 heteroatoms. The molecule has 0 bridgehead atoms. The second-order valence-electron chi connectivity index (χ2n) is 30.6. The molecule has 5 aliphatic rings. The van der Waals surface area contributed by atoms with Crippen molar-refractivity contribution in [2.24, 2.45) is 0 Å². The van der Waals surface area contributed by atoms with Crippen LogP contribution in [0.1, 0.15) is 107 Å². The van der Waals surface area contributed by atoms with E-state index in [-0.39, 0.29) is 126 Å². The second kappa shape index (κ2) is 32.8. The van der Waals surface area contributed by atoms with Gasteiger partial charge in [-0.3, -0.25) is 0 Å². The third-order valence-electron chi connectivity index (χ3n) is 22.4. The summed E-state index contributed by atoms with van der Waals surface area (Å²) in [5.41, 5.74) is 4.37. The monoisotopic (exact) mass is 1710 g/mol. The fraction of sp³-hybridized carbons (Fsp3) is 0.0550. The maximum Gasteiger partial charge on any atom is 0.343 e. The van der Waals surface area contributed by atoms with Crippen molar-refractivity contribution in [1.29, 1.82) is 0 Å². The van der Waals surface area contributed by atoms with Gasteiger partial charge in [-0.15, -0.1) is 0 Å². The Morgan fingerprint density at radius 3 is 0.577 bits per heavy atom. The van der Waals surface area contributed by atoms with E-state index in [4.69, 9.17) is 75.8 Å². The molecule has 0 N–H and O–H groups in total. The van der Waals surface area contributed by atoms with Gasteiger partial charge in [-0.25, -0.2) is 24.0 Å². The van der Waals surface area contributed by atoms with Crippen molar-refractivity contribution in [2.75, 3.05) is 6.61 Å². The summed E-state index contributed by atoms with van der Waals surface area (Å²) in [4.78, 5) is 77.7. The zero-order valence-corrected chi connectivity index (χ0v) is 68.6. The minimum atomic E-state index is -1.83. The topological polar surface area (TPSA) is 233 Å². The number of rotatable bonds is 23. The van der Waals surface area contributed by atoms with Crippen molar-refractivity contribution in [1.82, 2.24) is 0 Å². The van der Waals surface area contributed by atoms with E-state index in [2.05, 4.69) is 6.58 Å². The Hall–Kier alpha value is -17.6. The SMILES string of the molecule is C=CCOc1cc(C(=O)Oc2cc(C(=O)Oc3cc(C(=O)Oc4cc(C(=O)Oc5cc(C(=O)Oc6ccccc6)cc6c5OC(c5ccccc5)(c5ccccc5)O6)cc5c4OC(c4ccccc4)(c4ccccc4)O5)cc4c3OC(c3ccccc3)(c3ccccc3)O4)cc3c2OC(c2ccccc2)(c2ccccc2)O3)cc2c1OC(c1ccccc1)(c1ccccc1)O2. The normalized spacial score (nSPS) is 14.5. The van der Waals surface area contributed by atoms with Crippen molar-refractivity contribution in [2.45, 2.75) is 28.9 Å². The molecule has 0 unspecified atom stereocenters. The van der Waals surface area contributed by atoms with Crippen LogP contribution in [0.2, 0.25) is 0 Å². The Morgan fingerprint density at radius 1 is 0.215 bits per heavy atom. The van der Waals surface area contributed by atoms with Crippen LogP contribution in [0, 0.1) is 0 Å². The minimum Gasteiger partial charge on any atom is -0.485 e. The van der Waals surface area contributed by atoms with E-state index >= 15 is 19.2 Å². The first kappa shape index (κ1) is 79.6. The molecular weight excluding hydrogens is 1650 g/mol. The first-order valence-corrected chi connectivity index (χ1v) is 41.5. The van der Waals surface area contributed by atoms with E-state index in [9.17, 15) is 4.79 Å². The molecule has 21 nitrogen and oxygen atoms in total. The first-order valence-electron chi connectivity index (χ1n) is 41.5. The fourth-order valence-corrected chi connectivity index (χ4v) is 16.4. The van der Waals surface area contributed by atoms with Gasteiger partial charge in [-0.1, -0.05) is 334 Å². The largest absolute Gasteiger partial charge is 0.485 e. The molecule has 130 heavy (non-hydrogen) atoms. The van der Waals surface area contributed by atoms with Gasteiger partial charge in [0.05, 0.1) is 27.8 Å². The molecule has 5 aliphatic heterocycles. The van der Waals surface area contributed by atoms with Crippen LogP contribution in [-0.2, 0) is 28.9 Å². The van der Waals surface area contributed by atoms with E-state index < -0.39 is 58.8 Å². The number of fused-ring (bicyclic) bond motifs is 5. The van der Waals surface area contributed by atoms with Crippen molar-refractivity contribution in [3.63, 3.8) is 0 Å². The van der Waals surface area contributed by atoms with Crippen LogP contribution in [0.5, 0.6) is 92.0 Å². The molecular formula is C109H70O21. The average molecular weight is 1720 g/mol. The first-order chi connectivity index (χ1) is 63.7. The molecule has 0 amide bonds. The Labute approximate surface area is 743 Å². The van der Waals surface area contributed by atoms with Crippen LogP contribution in [0.15, 0.2) is 407 Å². The number of benzene rings is 16. The van der Waals surface area contributed by atoms with Crippen LogP contribution < -0.4 is 75.8 Å². The van der Waals surface area contributed by atoms with Crippen molar-refractivity contribution in [3.05, 3.63) is 490 Å². The standard InChI is InChI=1S/C109H70O21/c1-2-58-115-85-59-69(64-90-95(85)126-105(121-90,74-36-14-3-15-37-74)75-38-16-4-17-39-75)101(111)117-87-61-71(66-92-97(87)128-107(123-92,78-44-22-7-23-45-78)79-46-24-8-25-47-79)103(113)119-89-63-73(68-94-99(89)130-109(125-94,82-52-30-11-31-53-82)83-54-32-12-33-55-83)104(114)120-88-62-72(67-93-98(88)129-108(124-93,80-48-26-9-27-49-80)81-50-28-10-29-51-81)102(112)118-86-60-70(100(110)116-84-56-34-13-35-57-84)65-91-96(86)127-106(122-91,76-40-18-5-19-41-76)77-42-20-6-21-43-77/h2-57,59-68H,1,58H2. The molecule has 16 aromatic rings. The van der Waals surface area contributed by atoms with E-state index in [0.717, 1.165) is 0 Å². The fourth-order valence-electron chi connectivity index (χ4n) is 16.4. The predicted molar refractivity (Wildman–Crippen MR) is 474 cm³/mol. The lowest BCUT2D eigenvalue weighted by Gasteiger charge is -2.28. The summed E-state index contributed by atoms with van der Waals surface area (Å²) in [6.45, 7) is 3.87. The highest BCUT2D eigenvalue weighted by atomic mass is 16.8. The molecule has 5 heterocycles. The van der Waals surface area contributed by atoms with Crippen LogP contribution in [0.3, 0.4) is 0 Å². The molecule has 0 aliphatic carbocycles. The number of para-hydroxylation sites is 1. The maximum atomic E-state index is 16.1. The molecule has 0 fully saturated rings. The molecule has 21 rings (SSSR count). The molecule has 0 saturated heterocycles. The lowest BCUT2D eigenvalue weighted by molar-refractivity contribution is -0.0470. The van der Waals surface area contributed by atoms with Crippen LogP contribution in [-0.4, -0.2) is 36.5 Å². The lowest BCUT2D eigenvalue weighted by atomic mass is 9.97. The number of hydrogen-bond acceptors (Lipinski definition) is 21. The van der Waals surface area contributed by atoms with Gasteiger partial charge in [0.2, 0.25) is 28.7 Å². The predicted octanol–water partition coefficient (Wildman–Crippen LogP) is 21.7. The van der Waals surface area contributed by atoms with Gasteiger partial charge in [0.15, 0.2) is 57.5 Å². The second-order valence-corrected chi connectivity index (χ2v) is 30.6. The summed E-state index contributed by atoms with van der Waals surface area (Å²) in [6.07, 6.45) is 1.54. The number of hydrogen-bond donors (Lipinski definition) is 0. The summed E-state index contributed by atoms with van der Waals surface area (Å²) in [7, 11) is 0. The summed E-state index contributed by atoms with van der Waals surface area (Å²) < 4.78 is 108. The number of ether oxygens (including phenoxy) is 16. The lowest BCUT2D eigenvalue weighted by Crippen LogP contribution is -2.36. The Kier molecular flexibility index (Phi) is 20.1. The molecule has 632 valence electrons. The van der Waals surface area contributed by atoms with E-state index in [1.165, 1.54) is 60.7 Å². The van der Waals surface area contributed by atoms with Gasteiger partial charge < -0.3 is 75.8 Å². The van der Waals surface area contributed by atoms with Gasteiger partial charge in [0, 0.05) is 55.6 Å². The Balaban J connectivity index is 0.679. The third kappa shape index (κ3) is 14.3. The number of esters is 5. The molecule has 0 radical (unpaired) electrons. The molecule has 0 atom stereocenters. The summed E-state index contributed by atoms with van der Waals surface area (Å²) in [6, 6.07) is 113. The summed E-state index contributed by atoms with van der Waals surface area (Å²) in [5.74, 6) is -15.2.